The summed E-state index contributed by atoms with van der Waals surface area (Å²) < 4.78 is 0. The molecule has 1 aliphatic rings. The van der Waals surface area contributed by atoms with Gasteiger partial charge in [-0.05, 0) is 43.9 Å². The minimum absolute atomic E-state index is 0.0831. The molecule has 0 spiro atoms. The van der Waals surface area contributed by atoms with Crippen molar-refractivity contribution in [2.45, 2.75) is 46.6 Å². The molecule has 0 saturated carbocycles. The molecular weight excluding hydrogens is 292 g/mol. The molecule has 3 amide bonds. The number of carbonyl (C=O) groups excluding carboxylic acids is 3. The number of fused-ring (bicyclic) bond motifs is 1. The van der Waals surface area contributed by atoms with Crippen molar-refractivity contribution in [3.8, 4) is 0 Å². The molecule has 23 heavy (non-hydrogen) atoms. The molecule has 124 valence electrons. The van der Waals surface area contributed by atoms with Crippen molar-refractivity contribution in [3.05, 3.63) is 34.9 Å². The number of amides is 3. The van der Waals surface area contributed by atoms with Gasteiger partial charge in [-0.1, -0.05) is 20.8 Å². The van der Waals surface area contributed by atoms with Crippen LogP contribution in [0.1, 0.15) is 72.1 Å². The topological polar surface area (TPSA) is 66.5 Å². The van der Waals surface area contributed by atoms with E-state index in [4.69, 9.17) is 0 Å². The van der Waals surface area contributed by atoms with Crippen LogP contribution in [0.15, 0.2) is 18.2 Å². The molecule has 0 fully saturated rings. The zero-order valence-corrected chi connectivity index (χ0v) is 14.6. The monoisotopic (exact) mass is 316 g/mol. The molecule has 0 unspecified atom stereocenters. The molecule has 5 heteroatoms. The number of hydrogen-bond donors (Lipinski definition) is 1. The van der Waals surface area contributed by atoms with Crippen molar-refractivity contribution in [3.63, 3.8) is 0 Å². The van der Waals surface area contributed by atoms with Gasteiger partial charge in [0.15, 0.2) is 0 Å². The average molecular weight is 316 g/mol. The Bertz CT molecular complexity index is 684. The molecule has 1 aliphatic heterocycles. The third-order valence-electron chi connectivity index (χ3n) is 3.78. The van der Waals surface area contributed by atoms with Crippen LogP contribution in [0.25, 0.3) is 0 Å². The second-order valence-corrected chi connectivity index (χ2v) is 8.01. The first kappa shape index (κ1) is 17.2. The van der Waals surface area contributed by atoms with Gasteiger partial charge in [-0.2, -0.15) is 0 Å². The second kappa shape index (κ2) is 5.48. The van der Waals surface area contributed by atoms with Gasteiger partial charge in [0, 0.05) is 18.2 Å². The van der Waals surface area contributed by atoms with Gasteiger partial charge in [0.2, 0.25) is 0 Å². The Morgan fingerprint density at radius 2 is 1.61 bits per heavy atom. The van der Waals surface area contributed by atoms with Gasteiger partial charge in [-0.15, -0.1) is 0 Å². The molecule has 1 heterocycles. The zero-order chi connectivity index (χ0) is 17.6. The van der Waals surface area contributed by atoms with Gasteiger partial charge in [-0.3, -0.25) is 19.3 Å². The van der Waals surface area contributed by atoms with Crippen molar-refractivity contribution >= 4 is 17.7 Å². The third-order valence-corrected chi connectivity index (χ3v) is 3.78. The summed E-state index contributed by atoms with van der Waals surface area (Å²) >= 11 is 0. The fourth-order valence-electron chi connectivity index (χ4n) is 3.25. The number of benzene rings is 1. The van der Waals surface area contributed by atoms with Gasteiger partial charge >= 0.3 is 0 Å². The van der Waals surface area contributed by atoms with Gasteiger partial charge in [-0.25, -0.2) is 0 Å². The van der Waals surface area contributed by atoms with Crippen LogP contribution < -0.4 is 5.32 Å². The molecule has 0 aliphatic carbocycles. The van der Waals surface area contributed by atoms with E-state index in [1.807, 2.05) is 13.8 Å². The highest BCUT2D eigenvalue weighted by atomic mass is 16.2. The highest BCUT2D eigenvalue weighted by molar-refractivity contribution is 6.21. The van der Waals surface area contributed by atoms with E-state index in [2.05, 4.69) is 26.1 Å². The zero-order valence-electron chi connectivity index (χ0n) is 14.6. The number of imide groups is 1. The fourth-order valence-corrected chi connectivity index (χ4v) is 3.25. The summed E-state index contributed by atoms with van der Waals surface area (Å²) in [4.78, 5) is 37.5. The van der Waals surface area contributed by atoms with Crippen LogP contribution in [-0.2, 0) is 0 Å². The molecule has 0 bridgehead atoms. The van der Waals surface area contributed by atoms with E-state index in [9.17, 15) is 14.4 Å². The van der Waals surface area contributed by atoms with Crippen LogP contribution in [0, 0.1) is 5.41 Å². The maximum absolute atomic E-state index is 12.5. The van der Waals surface area contributed by atoms with Crippen molar-refractivity contribution in [1.29, 1.82) is 0 Å². The highest BCUT2D eigenvalue weighted by Gasteiger charge is 2.34. The number of rotatable bonds is 3. The summed E-state index contributed by atoms with van der Waals surface area (Å²) in [5.41, 5.74) is 0.745. The van der Waals surface area contributed by atoms with E-state index in [0.717, 1.165) is 11.3 Å². The summed E-state index contributed by atoms with van der Waals surface area (Å²) in [6, 6.07) is 4.64. The molecule has 0 saturated heterocycles. The molecule has 1 N–H and O–H groups in total. The number of nitrogens with one attached hydrogen (secondary N) is 1. The van der Waals surface area contributed by atoms with Gasteiger partial charge < -0.3 is 5.32 Å². The summed E-state index contributed by atoms with van der Waals surface area (Å²) in [5, 5.41) is 3.01. The smallest absolute Gasteiger partial charge is 0.261 e. The minimum Gasteiger partial charge on any atom is -0.347 e. The summed E-state index contributed by atoms with van der Waals surface area (Å²) in [6.07, 6.45) is 0.816. The van der Waals surface area contributed by atoms with Crippen LogP contribution in [0.4, 0.5) is 0 Å². The van der Waals surface area contributed by atoms with Gasteiger partial charge in [0.1, 0.15) is 0 Å². The summed E-state index contributed by atoms with van der Waals surface area (Å²) in [5.74, 6) is -0.935. The second-order valence-electron chi connectivity index (χ2n) is 8.01. The summed E-state index contributed by atoms with van der Waals surface area (Å²) in [6.45, 7) is 10.3. The fraction of sp³-hybridized carbons (Fsp3) is 0.500. The van der Waals surface area contributed by atoms with Crippen molar-refractivity contribution in [2.75, 3.05) is 7.05 Å². The Labute approximate surface area is 137 Å². The lowest BCUT2D eigenvalue weighted by Gasteiger charge is -2.33. The average Bonchev–Trinajstić information content (AvgIpc) is 2.60. The van der Waals surface area contributed by atoms with Crippen LogP contribution in [0.2, 0.25) is 0 Å². The molecule has 1 aromatic carbocycles. The van der Waals surface area contributed by atoms with Crippen molar-refractivity contribution < 1.29 is 14.4 Å². The Kier molecular flexibility index (Phi) is 4.09. The first-order chi connectivity index (χ1) is 10.4. The van der Waals surface area contributed by atoms with E-state index >= 15 is 0 Å². The molecule has 2 rings (SSSR count). The SMILES string of the molecule is CN1C(=O)c2ccc(C(=O)NC(C)(C)CC(C)(C)C)cc2C1=O. The number of carbonyl (C=O) groups is 3. The molecule has 1 aromatic rings. The van der Waals surface area contributed by atoms with E-state index < -0.39 is 0 Å². The van der Waals surface area contributed by atoms with E-state index in [-0.39, 0.29) is 28.7 Å². The van der Waals surface area contributed by atoms with E-state index in [0.29, 0.717) is 16.7 Å². The predicted octanol–water partition coefficient (Wildman–Crippen LogP) is 2.86. The van der Waals surface area contributed by atoms with Crippen molar-refractivity contribution in [2.24, 2.45) is 5.41 Å². The first-order valence-electron chi connectivity index (χ1n) is 7.70. The molecule has 5 nitrogen and oxygen atoms in total. The lowest BCUT2D eigenvalue weighted by molar-refractivity contribution is 0.0692. The van der Waals surface area contributed by atoms with E-state index in [1.165, 1.54) is 13.1 Å². The normalized spacial score (nSPS) is 15.0. The molecule has 0 atom stereocenters. The van der Waals surface area contributed by atoms with Crippen LogP contribution in [0.5, 0.6) is 0 Å². The Morgan fingerprint density at radius 3 is 2.17 bits per heavy atom. The molecular formula is C18H24N2O3. The standard InChI is InChI=1S/C18H24N2O3/c1-17(2,3)10-18(4,5)19-14(21)11-7-8-12-13(9-11)16(23)20(6)15(12)22/h7-9H,10H2,1-6H3,(H,19,21). The number of hydrogen-bond acceptors (Lipinski definition) is 3. The minimum atomic E-state index is -0.370. The van der Waals surface area contributed by atoms with Crippen LogP contribution >= 0.6 is 0 Å². The third kappa shape index (κ3) is 3.60. The van der Waals surface area contributed by atoms with Crippen molar-refractivity contribution in [1.82, 2.24) is 10.2 Å². The van der Waals surface area contributed by atoms with E-state index in [1.54, 1.807) is 12.1 Å². The number of nitrogens with zero attached hydrogens (tertiary/aromatic N) is 1. The predicted molar refractivity (Wildman–Crippen MR) is 88.5 cm³/mol. The van der Waals surface area contributed by atoms with Gasteiger partial charge in [0.25, 0.3) is 17.7 Å². The molecule has 0 radical (unpaired) electrons. The Balaban J connectivity index is 2.23. The molecule has 0 aromatic heterocycles. The quantitative estimate of drug-likeness (QED) is 0.872. The maximum Gasteiger partial charge on any atom is 0.261 e. The van der Waals surface area contributed by atoms with Crippen LogP contribution in [0.3, 0.4) is 0 Å². The first-order valence-corrected chi connectivity index (χ1v) is 7.70. The lowest BCUT2D eigenvalue weighted by atomic mass is 9.81. The largest absolute Gasteiger partial charge is 0.347 e. The Morgan fingerprint density at radius 1 is 1.04 bits per heavy atom. The highest BCUT2D eigenvalue weighted by Crippen LogP contribution is 2.27. The Hall–Kier alpha value is -2.17. The lowest BCUT2D eigenvalue weighted by Crippen LogP contribution is -2.45. The maximum atomic E-state index is 12.5. The van der Waals surface area contributed by atoms with Crippen LogP contribution in [-0.4, -0.2) is 35.2 Å². The summed E-state index contributed by atoms with van der Waals surface area (Å²) in [7, 11) is 1.44. The van der Waals surface area contributed by atoms with Gasteiger partial charge in [0.05, 0.1) is 11.1 Å².